The highest BCUT2D eigenvalue weighted by atomic mass is 127. The van der Waals surface area contributed by atoms with E-state index in [4.69, 9.17) is 0 Å². The van der Waals surface area contributed by atoms with E-state index in [1.54, 1.807) is 13.2 Å². The lowest BCUT2D eigenvalue weighted by atomic mass is 10.1. The van der Waals surface area contributed by atoms with Crippen LogP contribution in [0.1, 0.15) is 0 Å². The van der Waals surface area contributed by atoms with Gasteiger partial charge in [-0.05, 0) is 39.7 Å². The fourth-order valence-corrected chi connectivity index (χ4v) is 3.49. The summed E-state index contributed by atoms with van der Waals surface area (Å²) in [5, 5.41) is 8.25. The van der Waals surface area contributed by atoms with Crippen molar-refractivity contribution in [1.82, 2.24) is 19.3 Å². The molecule has 0 bridgehead atoms. The molecule has 0 aliphatic heterocycles. The minimum absolute atomic E-state index is 0.0162. The summed E-state index contributed by atoms with van der Waals surface area (Å²) in [4.78, 5) is 11.9. The molecule has 0 aliphatic rings. The van der Waals surface area contributed by atoms with E-state index in [0.29, 0.717) is 11.9 Å². The number of nitrogens with zero attached hydrogens (tertiary/aromatic N) is 3. The number of aromatic amines is 1. The molecule has 3 rings (SSSR count). The van der Waals surface area contributed by atoms with Crippen molar-refractivity contribution in [3.63, 3.8) is 0 Å². The van der Waals surface area contributed by atoms with Gasteiger partial charge in [0.15, 0.2) is 0 Å². The summed E-state index contributed by atoms with van der Waals surface area (Å²) >= 11 is 2.30. The first kappa shape index (κ1) is 11.9. The summed E-state index contributed by atoms with van der Waals surface area (Å²) in [5.74, 6) is 0. The maximum absolute atomic E-state index is 11.9. The average Bonchev–Trinajstić information content (AvgIpc) is 2.93. The highest BCUT2D eigenvalue weighted by Gasteiger charge is 2.08. The lowest BCUT2D eigenvalue weighted by Crippen LogP contribution is -2.12. The van der Waals surface area contributed by atoms with Crippen molar-refractivity contribution in [3.8, 4) is 11.1 Å². The van der Waals surface area contributed by atoms with Gasteiger partial charge in [-0.3, -0.25) is 9.48 Å². The van der Waals surface area contributed by atoms with Crippen LogP contribution >= 0.6 is 28.4 Å². The molecule has 5 nitrogen and oxygen atoms in total. The largest absolute Gasteiger partial charge is 0.303 e. The van der Waals surface area contributed by atoms with E-state index in [-0.39, 0.29) is 5.56 Å². The molecule has 1 unspecified atom stereocenters. The number of fused-ring (bicyclic) bond motifs is 1. The van der Waals surface area contributed by atoms with E-state index in [1.165, 1.54) is 4.68 Å². The van der Waals surface area contributed by atoms with Crippen LogP contribution in [0.3, 0.4) is 0 Å². The summed E-state index contributed by atoms with van der Waals surface area (Å²) in [5.41, 5.74) is 2.68. The lowest BCUT2D eigenvalue weighted by Gasteiger charge is -1.99. The summed E-state index contributed by atoms with van der Waals surface area (Å²) in [6, 6.07) is 5.97. The van der Waals surface area contributed by atoms with Gasteiger partial charge < -0.3 is 5.10 Å². The van der Waals surface area contributed by atoms with Gasteiger partial charge >= 0.3 is 0 Å². The van der Waals surface area contributed by atoms with Crippen molar-refractivity contribution in [2.75, 3.05) is 0 Å². The van der Waals surface area contributed by atoms with Crippen molar-refractivity contribution < 1.29 is 0 Å². The third-order valence-corrected chi connectivity index (χ3v) is 4.78. The number of benzene rings is 1. The van der Waals surface area contributed by atoms with Crippen LogP contribution < -0.4 is 5.56 Å². The number of aryl methyl sites for hydroxylation is 1. The van der Waals surface area contributed by atoms with Crippen LogP contribution in [0.25, 0.3) is 22.0 Å². The Morgan fingerprint density at radius 1 is 1.44 bits per heavy atom. The van der Waals surface area contributed by atoms with Gasteiger partial charge in [0.2, 0.25) is 0 Å². The van der Waals surface area contributed by atoms with Gasteiger partial charge in [0, 0.05) is 18.6 Å². The predicted molar refractivity (Wildman–Crippen MR) is 82.5 cm³/mol. The molecule has 2 heterocycles. The highest BCUT2D eigenvalue weighted by molar-refractivity contribution is 14.2. The molecule has 1 aromatic carbocycles. The molecule has 18 heavy (non-hydrogen) atoms. The Kier molecular flexibility index (Phi) is 2.99. The van der Waals surface area contributed by atoms with Crippen molar-refractivity contribution in [2.24, 2.45) is 7.05 Å². The van der Waals surface area contributed by atoms with E-state index < -0.39 is 0 Å². The maximum Gasteiger partial charge on any atom is 0.274 e. The van der Waals surface area contributed by atoms with Crippen LogP contribution in [0.5, 0.6) is 0 Å². The zero-order valence-corrected chi connectivity index (χ0v) is 12.7. The Morgan fingerprint density at radius 3 is 2.94 bits per heavy atom. The van der Waals surface area contributed by atoms with Crippen LogP contribution in [-0.2, 0) is 7.05 Å². The molecular formula is C11H10IN4OP. The van der Waals surface area contributed by atoms with Crippen LogP contribution in [-0.4, -0.2) is 19.3 Å². The normalized spacial score (nSPS) is 11.9. The monoisotopic (exact) mass is 372 g/mol. The van der Waals surface area contributed by atoms with Gasteiger partial charge in [-0.15, -0.1) is 0 Å². The number of rotatable bonds is 2. The first-order valence-electron chi connectivity index (χ1n) is 5.30. The number of nitrogens with one attached hydrogen (secondary N) is 1. The van der Waals surface area contributed by atoms with Gasteiger partial charge in [0.1, 0.15) is 0 Å². The molecule has 0 saturated heterocycles. The fourth-order valence-electron chi connectivity index (χ4n) is 1.94. The molecule has 0 saturated carbocycles. The van der Waals surface area contributed by atoms with Gasteiger partial charge in [0.25, 0.3) is 5.56 Å². The highest BCUT2D eigenvalue weighted by Crippen LogP contribution is 2.29. The average molecular weight is 372 g/mol. The lowest BCUT2D eigenvalue weighted by molar-refractivity contribution is 0.740. The van der Waals surface area contributed by atoms with Crippen molar-refractivity contribution in [1.29, 1.82) is 0 Å². The molecule has 2 aromatic heterocycles. The second-order valence-electron chi connectivity index (χ2n) is 3.97. The van der Waals surface area contributed by atoms with E-state index >= 15 is 0 Å². The third-order valence-electron chi connectivity index (χ3n) is 2.90. The Morgan fingerprint density at radius 2 is 2.28 bits per heavy atom. The summed E-state index contributed by atoms with van der Waals surface area (Å²) in [6.07, 6.45) is 4.14. The van der Waals surface area contributed by atoms with Gasteiger partial charge in [-0.1, -0.05) is 6.07 Å². The van der Waals surface area contributed by atoms with Crippen LogP contribution in [0.2, 0.25) is 0 Å². The van der Waals surface area contributed by atoms with E-state index in [1.807, 2.05) is 28.8 Å². The zero-order chi connectivity index (χ0) is 12.7. The standard InChI is InChI=1S/C11H10IN4OP/c1-15-11(17)9(6-13-15)7-2-3-10-8(4-7)5-14-16(10)18-12/h2-6,13,18H,1H3. The van der Waals surface area contributed by atoms with Gasteiger partial charge in [-0.2, -0.15) is 5.10 Å². The van der Waals surface area contributed by atoms with E-state index in [0.717, 1.165) is 16.5 Å². The molecule has 0 fully saturated rings. The first-order chi connectivity index (χ1) is 8.70. The van der Waals surface area contributed by atoms with Crippen molar-refractivity contribution >= 4 is 39.3 Å². The number of hydrogen-bond donors (Lipinski definition) is 1. The third kappa shape index (κ3) is 1.80. The second-order valence-corrected chi connectivity index (χ2v) is 6.01. The Labute approximate surface area is 117 Å². The minimum Gasteiger partial charge on any atom is -0.303 e. The first-order valence-corrected chi connectivity index (χ1v) is 9.36. The topological polar surface area (TPSA) is 55.6 Å². The van der Waals surface area contributed by atoms with Crippen molar-refractivity contribution in [2.45, 2.75) is 0 Å². The molecule has 7 heteroatoms. The maximum atomic E-state index is 11.9. The molecule has 0 radical (unpaired) electrons. The summed E-state index contributed by atoms with van der Waals surface area (Å²) in [6.45, 7) is 0. The Bertz CT molecular complexity index is 773. The molecule has 1 atom stereocenters. The molecule has 3 aromatic rings. The minimum atomic E-state index is -0.0162. The number of halogens is 1. The van der Waals surface area contributed by atoms with E-state index in [2.05, 4.69) is 32.2 Å². The number of aromatic nitrogens is 4. The molecule has 0 amide bonds. The van der Waals surface area contributed by atoms with Crippen LogP contribution in [0.4, 0.5) is 0 Å². The van der Waals surface area contributed by atoms with Crippen LogP contribution in [0.15, 0.2) is 35.4 Å². The summed E-state index contributed by atoms with van der Waals surface area (Å²) in [7, 11) is 1.71. The molecule has 1 N–H and O–H groups in total. The van der Waals surface area contributed by atoms with Gasteiger partial charge in [-0.25, -0.2) is 4.45 Å². The quantitative estimate of drug-likeness (QED) is 0.555. The SMILES string of the molecule is Cn1[nH]cc(-c2ccc3c(cnn3PI)c2)c1=O. The van der Waals surface area contributed by atoms with Crippen LogP contribution in [0, 0.1) is 0 Å². The molecule has 0 spiro atoms. The van der Waals surface area contributed by atoms with Crippen molar-refractivity contribution in [3.05, 3.63) is 40.9 Å². The zero-order valence-electron chi connectivity index (χ0n) is 9.51. The second kappa shape index (κ2) is 4.51. The van der Waals surface area contributed by atoms with Gasteiger partial charge in [0.05, 0.1) is 23.7 Å². The smallest absolute Gasteiger partial charge is 0.274 e. The predicted octanol–water partition coefficient (Wildman–Crippen LogP) is 2.52. The van der Waals surface area contributed by atoms with E-state index in [9.17, 15) is 4.79 Å². The Hall–Kier alpha value is -1.14. The number of H-pyrrole nitrogens is 1. The molecular weight excluding hydrogens is 362 g/mol. The molecule has 92 valence electrons. The summed E-state index contributed by atoms with van der Waals surface area (Å²) < 4.78 is 3.42. The molecule has 0 aliphatic carbocycles. The Balaban J connectivity index is 2.20. The fraction of sp³-hybridized carbons (Fsp3) is 0.0909. The number of hydrogen-bond acceptors (Lipinski definition) is 2.